The summed E-state index contributed by atoms with van der Waals surface area (Å²) in [5, 5.41) is 9.65. The molecule has 4 aromatic rings. The molecule has 0 bridgehead atoms. The number of amides is 6. The molecule has 0 aliphatic carbocycles. The molecular formula is C42H39BrN4O9. The van der Waals surface area contributed by atoms with Gasteiger partial charge in [0.05, 0.1) is 27.3 Å². The first-order valence-corrected chi connectivity index (χ1v) is 18.9. The fourth-order valence-corrected chi connectivity index (χ4v) is 7.93. The van der Waals surface area contributed by atoms with Crippen LogP contribution in [0.4, 0.5) is 0 Å². The number of ether oxygens (including phenoxy) is 2. The van der Waals surface area contributed by atoms with E-state index in [9.17, 15) is 33.9 Å². The molecule has 0 spiro atoms. The van der Waals surface area contributed by atoms with E-state index in [4.69, 9.17) is 9.47 Å². The predicted octanol–water partition coefficient (Wildman–Crippen LogP) is 5.21. The number of benzene rings is 4. The van der Waals surface area contributed by atoms with Crippen LogP contribution in [0.3, 0.4) is 0 Å². The Hall–Kier alpha value is -6.02. The number of halogens is 1. The van der Waals surface area contributed by atoms with E-state index in [2.05, 4.69) is 15.9 Å². The van der Waals surface area contributed by atoms with Crippen LogP contribution in [0.15, 0.2) is 89.4 Å². The highest BCUT2D eigenvalue weighted by molar-refractivity contribution is 9.10. The second kappa shape index (κ2) is 16.0. The highest BCUT2D eigenvalue weighted by Crippen LogP contribution is 2.33. The van der Waals surface area contributed by atoms with Crippen molar-refractivity contribution in [3.8, 4) is 17.2 Å². The first-order valence-electron chi connectivity index (χ1n) is 18.1. The number of likely N-dealkylation sites (tertiary alicyclic amines) is 2. The summed E-state index contributed by atoms with van der Waals surface area (Å²) in [5.74, 6) is -0.0231. The lowest BCUT2D eigenvalue weighted by molar-refractivity contribution is -0.154. The van der Waals surface area contributed by atoms with Gasteiger partial charge < -0.3 is 24.4 Å². The average molecular weight is 824 g/mol. The Morgan fingerprint density at radius 1 is 0.607 bits per heavy atom. The van der Waals surface area contributed by atoms with Gasteiger partial charge in [0.2, 0.25) is 11.8 Å². The Morgan fingerprint density at radius 2 is 1.04 bits per heavy atom. The minimum atomic E-state index is -0.682. The van der Waals surface area contributed by atoms with Crippen LogP contribution >= 0.6 is 15.9 Å². The standard InChI is InChI=1S/C21H19BrN2O4.C21H20N2O5/c1-28-16-5-2-13(3-6-16)11-24-19(25)9-8-18(21(24)27)23-12-14-10-15(22)4-7-17(14)20(23)26;1-28-16-5-2-13(3-6-16)11-23-19(25)9-8-18(21(23)27)22-12-14-10-15(24)4-7-17(14)20(22)26/h2-7,10,18H,8-9,11-12H2,1H3;2-7,10,18,24H,8-9,11-12H2,1H3. The molecule has 2 saturated heterocycles. The van der Waals surface area contributed by atoms with Gasteiger partial charge in [0.25, 0.3) is 23.6 Å². The number of phenolic OH excluding ortho intramolecular Hbond substituents is 1. The van der Waals surface area contributed by atoms with Crippen molar-refractivity contribution in [3.63, 3.8) is 0 Å². The number of piperidine rings is 2. The summed E-state index contributed by atoms with van der Waals surface area (Å²) in [4.78, 5) is 82.1. The van der Waals surface area contributed by atoms with Crippen LogP contribution in [0, 0.1) is 0 Å². The fraction of sp³-hybridized carbons (Fsp3) is 0.286. The molecule has 14 heteroatoms. The SMILES string of the molecule is COc1ccc(CN2C(=O)CCC(N3Cc4cc(Br)ccc4C3=O)C2=O)cc1.COc1ccc(CN2C(=O)CCC(N3Cc4cc(O)ccc4C3=O)C2=O)cc1. The number of phenols is 1. The number of imide groups is 2. The van der Waals surface area contributed by atoms with E-state index in [1.165, 1.54) is 20.8 Å². The van der Waals surface area contributed by atoms with Crippen molar-refractivity contribution < 1.29 is 43.3 Å². The molecule has 4 aromatic carbocycles. The molecule has 2 fully saturated rings. The predicted molar refractivity (Wildman–Crippen MR) is 205 cm³/mol. The second-order valence-corrected chi connectivity index (χ2v) is 14.9. The number of nitrogens with zero attached hydrogens (tertiary/aromatic N) is 4. The molecule has 6 amide bonds. The zero-order valence-electron chi connectivity index (χ0n) is 30.8. The van der Waals surface area contributed by atoms with E-state index in [1.54, 1.807) is 61.6 Å². The van der Waals surface area contributed by atoms with Gasteiger partial charge in [-0.3, -0.25) is 38.6 Å². The van der Waals surface area contributed by atoms with Gasteiger partial charge >= 0.3 is 0 Å². The summed E-state index contributed by atoms with van der Waals surface area (Å²) >= 11 is 3.42. The molecular weight excluding hydrogens is 784 g/mol. The Labute approximate surface area is 331 Å². The van der Waals surface area contributed by atoms with Gasteiger partial charge in [-0.05, 0) is 95.8 Å². The van der Waals surface area contributed by atoms with Crippen LogP contribution in [0.5, 0.6) is 17.2 Å². The third kappa shape index (κ3) is 7.61. The van der Waals surface area contributed by atoms with Crippen LogP contribution in [0.1, 0.15) is 68.7 Å². The minimum Gasteiger partial charge on any atom is -0.508 e. The molecule has 56 heavy (non-hydrogen) atoms. The third-order valence-corrected chi connectivity index (χ3v) is 11.0. The number of carbonyl (C=O) groups is 6. The van der Waals surface area contributed by atoms with Gasteiger partial charge in [0.1, 0.15) is 29.3 Å². The van der Waals surface area contributed by atoms with Crippen molar-refractivity contribution >= 4 is 51.4 Å². The number of hydrogen-bond acceptors (Lipinski definition) is 9. The van der Waals surface area contributed by atoms with Crippen molar-refractivity contribution in [2.24, 2.45) is 0 Å². The Bertz CT molecular complexity index is 2070. The van der Waals surface area contributed by atoms with Crippen molar-refractivity contribution in [2.45, 2.75) is 63.9 Å². The van der Waals surface area contributed by atoms with E-state index in [1.807, 2.05) is 36.4 Å². The number of aromatic hydroxyl groups is 1. The second-order valence-electron chi connectivity index (χ2n) is 14.0. The Morgan fingerprint density at radius 3 is 1.48 bits per heavy atom. The molecule has 4 heterocycles. The summed E-state index contributed by atoms with van der Waals surface area (Å²) in [5.41, 5.74) is 4.34. The van der Waals surface area contributed by atoms with Gasteiger partial charge in [-0.1, -0.05) is 40.2 Å². The minimum absolute atomic E-state index is 0.0830. The normalized spacial score (nSPS) is 19.2. The number of carbonyl (C=O) groups excluding carboxylic acids is 6. The van der Waals surface area contributed by atoms with Gasteiger partial charge in [-0.2, -0.15) is 0 Å². The summed E-state index contributed by atoms with van der Waals surface area (Å²) in [7, 11) is 3.16. The zero-order chi connectivity index (χ0) is 39.7. The summed E-state index contributed by atoms with van der Waals surface area (Å²) < 4.78 is 11.2. The lowest BCUT2D eigenvalue weighted by Crippen LogP contribution is -2.54. The number of fused-ring (bicyclic) bond motifs is 2. The zero-order valence-corrected chi connectivity index (χ0v) is 32.4. The first kappa shape index (κ1) is 38.3. The van der Waals surface area contributed by atoms with Crippen LogP contribution < -0.4 is 9.47 Å². The fourth-order valence-electron chi connectivity index (χ4n) is 7.53. The highest BCUT2D eigenvalue weighted by Gasteiger charge is 2.44. The van der Waals surface area contributed by atoms with Crippen molar-refractivity contribution in [2.75, 3.05) is 14.2 Å². The Balaban J connectivity index is 0.000000172. The van der Waals surface area contributed by atoms with Gasteiger partial charge in [0, 0.05) is 41.5 Å². The highest BCUT2D eigenvalue weighted by atomic mass is 79.9. The smallest absolute Gasteiger partial charge is 0.255 e. The monoisotopic (exact) mass is 822 g/mol. The van der Waals surface area contributed by atoms with Gasteiger partial charge in [-0.15, -0.1) is 0 Å². The molecule has 2 atom stereocenters. The number of rotatable bonds is 8. The lowest BCUT2D eigenvalue weighted by Gasteiger charge is -2.35. The van der Waals surface area contributed by atoms with Crippen molar-refractivity contribution in [1.29, 1.82) is 0 Å². The quantitative estimate of drug-likeness (QED) is 0.236. The molecule has 0 radical (unpaired) electrons. The molecule has 4 aliphatic heterocycles. The number of methoxy groups -OCH3 is 2. The Kier molecular flexibility index (Phi) is 10.9. The summed E-state index contributed by atoms with van der Waals surface area (Å²) in [6.45, 7) is 0.991. The molecule has 0 saturated carbocycles. The largest absolute Gasteiger partial charge is 0.508 e. The van der Waals surface area contributed by atoms with Crippen LogP contribution in [-0.2, 0) is 45.4 Å². The van der Waals surface area contributed by atoms with Crippen LogP contribution in [-0.4, -0.2) is 86.5 Å². The molecule has 8 rings (SSSR count). The topological polar surface area (TPSA) is 154 Å². The van der Waals surface area contributed by atoms with E-state index in [0.717, 1.165) is 21.2 Å². The molecule has 288 valence electrons. The maximum atomic E-state index is 13.1. The molecule has 4 aliphatic rings. The summed E-state index contributed by atoms with van der Waals surface area (Å²) in [6, 6.07) is 23.2. The lowest BCUT2D eigenvalue weighted by atomic mass is 10.0. The van der Waals surface area contributed by atoms with E-state index >= 15 is 0 Å². The first-order chi connectivity index (χ1) is 26.9. The van der Waals surface area contributed by atoms with E-state index in [0.29, 0.717) is 47.6 Å². The van der Waals surface area contributed by atoms with Crippen molar-refractivity contribution in [1.82, 2.24) is 19.6 Å². The van der Waals surface area contributed by atoms with Crippen molar-refractivity contribution in [3.05, 3.63) is 123 Å². The molecule has 2 unspecified atom stereocenters. The van der Waals surface area contributed by atoms with E-state index < -0.39 is 12.1 Å². The van der Waals surface area contributed by atoms with E-state index in [-0.39, 0.29) is 73.7 Å². The summed E-state index contributed by atoms with van der Waals surface area (Å²) in [6.07, 6.45) is 1.12. The average Bonchev–Trinajstić information content (AvgIpc) is 3.69. The van der Waals surface area contributed by atoms with Crippen LogP contribution in [0.25, 0.3) is 0 Å². The van der Waals surface area contributed by atoms with Crippen LogP contribution in [0.2, 0.25) is 0 Å². The molecule has 13 nitrogen and oxygen atoms in total. The maximum absolute atomic E-state index is 13.1. The van der Waals surface area contributed by atoms with Gasteiger partial charge in [-0.25, -0.2) is 0 Å². The third-order valence-electron chi connectivity index (χ3n) is 10.5. The molecule has 0 aromatic heterocycles. The molecule has 1 N–H and O–H groups in total. The number of hydrogen-bond donors (Lipinski definition) is 1. The maximum Gasteiger partial charge on any atom is 0.255 e. The van der Waals surface area contributed by atoms with Gasteiger partial charge in [0.15, 0.2) is 0 Å².